The van der Waals surface area contributed by atoms with Gasteiger partial charge in [0.15, 0.2) is 0 Å². The molecule has 1 saturated carbocycles. The summed E-state index contributed by atoms with van der Waals surface area (Å²) in [6, 6.07) is 0. The molecular formula is C10H26N2. The average Bonchev–Trinajstić information content (AvgIpc) is 2.05. The number of hydrogen-bond donors (Lipinski definition) is 2. The van der Waals surface area contributed by atoms with Crippen molar-refractivity contribution >= 4 is 0 Å². The van der Waals surface area contributed by atoms with E-state index < -0.39 is 0 Å². The molecule has 0 atom stereocenters. The maximum Gasteiger partial charge on any atom is 0.0342 e. The van der Waals surface area contributed by atoms with Gasteiger partial charge in [0.05, 0.1) is 0 Å². The first kappa shape index (κ1) is 11.5. The first-order chi connectivity index (χ1) is 5.66. The van der Waals surface area contributed by atoms with Crippen LogP contribution in [0.1, 0.15) is 42.9 Å². The Hall–Kier alpha value is -0.500. The number of hydrogen-bond acceptors (Lipinski definition) is 2. The van der Waals surface area contributed by atoms with E-state index in [1.54, 1.807) is 0 Å². The molecule has 2 heteroatoms. The highest BCUT2D eigenvalue weighted by molar-refractivity contribution is 5.03. The zero-order valence-corrected chi connectivity index (χ0v) is 8.78. The van der Waals surface area contributed by atoms with Crippen LogP contribution < -0.4 is 11.1 Å². The maximum atomic E-state index is 4.50. The Kier molecular flexibility index (Phi) is 4.98. The quantitative estimate of drug-likeness (QED) is 0.675. The third-order valence-electron chi connectivity index (χ3n) is 2.39. The molecule has 0 heterocycles. The molecule has 0 aromatic heterocycles. The minimum absolute atomic E-state index is 0. The smallest absolute Gasteiger partial charge is 0.0342 e. The van der Waals surface area contributed by atoms with Crippen LogP contribution in [0.3, 0.4) is 0 Å². The minimum atomic E-state index is 0. The average molecular weight is 174 g/mol. The Balaban J connectivity index is -0.000000284. The van der Waals surface area contributed by atoms with Crippen LogP contribution in [0.25, 0.3) is 0 Å². The fraction of sp³-hybridized carbons (Fsp3) is 0.800. The number of rotatable bonds is 2. The topological polar surface area (TPSA) is 38.0 Å². The second-order valence-electron chi connectivity index (χ2n) is 3.51. The molecule has 1 fully saturated rings. The molecule has 76 valence electrons. The highest BCUT2D eigenvalue weighted by Crippen LogP contribution is 2.31. The molecule has 0 bridgehead atoms. The maximum absolute atomic E-state index is 4.50. The van der Waals surface area contributed by atoms with Gasteiger partial charge < -0.3 is 11.1 Å². The zero-order chi connectivity index (χ0) is 9.61. The Bertz CT molecular complexity index is 154. The first-order valence-corrected chi connectivity index (χ1v) is 4.65. The van der Waals surface area contributed by atoms with Crippen molar-refractivity contribution in [3.05, 3.63) is 11.8 Å². The molecule has 1 aliphatic carbocycles. The standard InChI is InChI=1S/C9H17N.CH5N.2H2/c1-4-8(2)10-9(3)6-5-7-9;1-2;;/h4,10H,5-7H2,1-3H3;2H2,1H3;2*1H/b8-4+;;;. The van der Waals surface area contributed by atoms with Gasteiger partial charge in [0.25, 0.3) is 0 Å². The molecule has 0 saturated heterocycles. The van der Waals surface area contributed by atoms with Gasteiger partial charge >= 0.3 is 0 Å². The second kappa shape index (κ2) is 5.20. The van der Waals surface area contributed by atoms with Crippen molar-refractivity contribution in [2.45, 2.75) is 45.6 Å². The molecule has 1 rings (SSSR count). The molecule has 0 spiro atoms. The van der Waals surface area contributed by atoms with E-state index in [1.807, 2.05) is 0 Å². The molecule has 0 aromatic rings. The lowest BCUT2D eigenvalue weighted by molar-refractivity contribution is 0.228. The predicted molar refractivity (Wildman–Crippen MR) is 59.2 cm³/mol. The predicted octanol–water partition coefficient (Wildman–Crippen LogP) is 2.51. The molecule has 3 N–H and O–H groups in total. The van der Waals surface area contributed by atoms with Gasteiger partial charge in [-0.05, 0) is 47.1 Å². The van der Waals surface area contributed by atoms with Gasteiger partial charge in [-0.15, -0.1) is 0 Å². The SMILES string of the molecule is C/C=C(\C)NC1(C)CCC1.CN.[HH].[HH]. The highest BCUT2D eigenvalue weighted by Gasteiger charge is 2.30. The summed E-state index contributed by atoms with van der Waals surface area (Å²) in [6.07, 6.45) is 6.18. The molecule has 1 aliphatic rings. The molecular weight excluding hydrogens is 148 g/mol. The summed E-state index contributed by atoms with van der Waals surface area (Å²) in [4.78, 5) is 0. The minimum Gasteiger partial charge on any atom is -0.384 e. The van der Waals surface area contributed by atoms with Gasteiger partial charge in [-0.2, -0.15) is 0 Å². The lowest BCUT2D eigenvalue weighted by atomic mass is 9.78. The normalized spacial score (nSPS) is 20.2. The summed E-state index contributed by atoms with van der Waals surface area (Å²) in [7, 11) is 1.50. The van der Waals surface area contributed by atoms with E-state index in [1.165, 1.54) is 32.0 Å². The van der Waals surface area contributed by atoms with E-state index in [0.29, 0.717) is 5.54 Å². The van der Waals surface area contributed by atoms with Crippen molar-refractivity contribution in [1.82, 2.24) is 5.32 Å². The van der Waals surface area contributed by atoms with Crippen LogP contribution >= 0.6 is 0 Å². The Morgan fingerprint density at radius 2 is 2.00 bits per heavy atom. The van der Waals surface area contributed by atoms with Gasteiger partial charge in [0.2, 0.25) is 0 Å². The summed E-state index contributed by atoms with van der Waals surface area (Å²) in [5, 5.41) is 3.50. The largest absolute Gasteiger partial charge is 0.384 e. The Morgan fingerprint density at radius 1 is 1.50 bits per heavy atom. The third-order valence-corrected chi connectivity index (χ3v) is 2.39. The fourth-order valence-corrected chi connectivity index (χ4v) is 1.38. The van der Waals surface area contributed by atoms with Gasteiger partial charge in [-0.1, -0.05) is 6.08 Å². The summed E-state index contributed by atoms with van der Waals surface area (Å²) < 4.78 is 0. The van der Waals surface area contributed by atoms with Crippen molar-refractivity contribution in [2.75, 3.05) is 7.05 Å². The third kappa shape index (κ3) is 3.26. The van der Waals surface area contributed by atoms with Crippen molar-refractivity contribution < 1.29 is 2.85 Å². The van der Waals surface area contributed by atoms with E-state index in [0.717, 1.165) is 0 Å². The summed E-state index contributed by atoms with van der Waals surface area (Å²) in [5.41, 5.74) is 6.23. The van der Waals surface area contributed by atoms with Crippen LogP contribution in [0.2, 0.25) is 0 Å². The van der Waals surface area contributed by atoms with Crippen LogP contribution in [0.15, 0.2) is 11.8 Å². The van der Waals surface area contributed by atoms with Crippen molar-refractivity contribution in [1.29, 1.82) is 0 Å². The van der Waals surface area contributed by atoms with E-state index in [-0.39, 0.29) is 2.85 Å². The van der Waals surface area contributed by atoms with Gasteiger partial charge in [0, 0.05) is 14.1 Å². The Morgan fingerprint density at radius 3 is 2.25 bits per heavy atom. The summed E-state index contributed by atoms with van der Waals surface area (Å²) in [6.45, 7) is 6.50. The van der Waals surface area contributed by atoms with E-state index in [4.69, 9.17) is 0 Å². The molecule has 0 aromatic carbocycles. The zero-order valence-electron chi connectivity index (χ0n) is 8.78. The van der Waals surface area contributed by atoms with Crippen molar-refractivity contribution in [3.8, 4) is 0 Å². The molecule has 2 nitrogen and oxygen atoms in total. The van der Waals surface area contributed by atoms with Crippen LogP contribution in [0.4, 0.5) is 0 Å². The van der Waals surface area contributed by atoms with Crippen molar-refractivity contribution in [2.24, 2.45) is 5.73 Å². The summed E-state index contributed by atoms with van der Waals surface area (Å²) in [5.74, 6) is 0. The highest BCUT2D eigenvalue weighted by atomic mass is 15.0. The molecule has 0 unspecified atom stereocenters. The molecule has 0 amide bonds. The lowest BCUT2D eigenvalue weighted by Gasteiger charge is -2.40. The van der Waals surface area contributed by atoms with E-state index in [9.17, 15) is 0 Å². The lowest BCUT2D eigenvalue weighted by Crippen LogP contribution is -2.46. The van der Waals surface area contributed by atoms with Gasteiger partial charge in [-0.3, -0.25) is 0 Å². The van der Waals surface area contributed by atoms with E-state index in [2.05, 4.69) is 37.9 Å². The fourth-order valence-electron chi connectivity index (χ4n) is 1.38. The van der Waals surface area contributed by atoms with E-state index >= 15 is 0 Å². The molecule has 12 heavy (non-hydrogen) atoms. The molecule has 0 aliphatic heterocycles. The van der Waals surface area contributed by atoms with Gasteiger partial charge in [0.1, 0.15) is 0 Å². The number of allylic oxidation sites excluding steroid dienone is 2. The first-order valence-electron chi connectivity index (χ1n) is 4.65. The van der Waals surface area contributed by atoms with Crippen LogP contribution in [-0.2, 0) is 0 Å². The number of nitrogens with one attached hydrogen (secondary N) is 1. The number of nitrogens with two attached hydrogens (primary N) is 1. The summed E-state index contributed by atoms with van der Waals surface area (Å²) >= 11 is 0. The van der Waals surface area contributed by atoms with Crippen LogP contribution in [0.5, 0.6) is 0 Å². The van der Waals surface area contributed by atoms with Gasteiger partial charge in [-0.25, -0.2) is 0 Å². The second-order valence-corrected chi connectivity index (χ2v) is 3.51. The van der Waals surface area contributed by atoms with Crippen LogP contribution in [0, 0.1) is 0 Å². The van der Waals surface area contributed by atoms with Crippen LogP contribution in [-0.4, -0.2) is 12.6 Å². The molecule has 0 radical (unpaired) electrons. The van der Waals surface area contributed by atoms with Crippen molar-refractivity contribution in [3.63, 3.8) is 0 Å². The Labute approximate surface area is 79.2 Å². The monoisotopic (exact) mass is 174 g/mol.